The Labute approximate surface area is 122 Å². The van der Waals surface area contributed by atoms with E-state index in [0.717, 1.165) is 12.2 Å². The largest absolute Gasteiger partial charge is 0.381 e. The van der Waals surface area contributed by atoms with Crippen LogP contribution in [0.4, 0.5) is 5.69 Å². The average Bonchev–Trinajstić information content (AvgIpc) is 2.27. The summed E-state index contributed by atoms with van der Waals surface area (Å²) in [6.45, 7) is 12.1. The Morgan fingerprint density at radius 1 is 1.20 bits per heavy atom. The molecule has 1 aliphatic rings. The topological polar surface area (TPSA) is 34.0 Å². The minimum Gasteiger partial charge on any atom is -0.381 e. The molecule has 0 saturated heterocycles. The summed E-state index contributed by atoms with van der Waals surface area (Å²) in [5.41, 5.74) is 1.88. The van der Waals surface area contributed by atoms with Gasteiger partial charge in [-0.1, -0.05) is 27.7 Å². The molecule has 0 atom stereocenters. The van der Waals surface area contributed by atoms with E-state index < -0.39 is 0 Å². The van der Waals surface area contributed by atoms with E-state index >= 15 is 0 Å². The second-order valence-electron chi connectivity index (χ2n) is 7.80. The van der Waals surface area contributed by atoms with E-state index in [2.05, 4.69) is 33.0 Å². The molecule has 112 valence electrons. The molecule has 3 nitrogen and oxygen atoms in total. The van der Waals surface area contributed by atoms with Gasteiger partial charge in [-0.3, -0.25) is 4.79 Å². The number of anilines is 1. The minimum atomic E-state index is 0.0716. The highest BCUT2D eigenvalue weighted by atomic mass is 16.1. The van der Waals surface area contributed by atoms with Gasteiger partial charge in [0.2, 0.25) is 0 Å². The van der Waals surface area contributed by atoms with E-state index in [9.17, 15) is 4.79 Å². The van der Waals surface area contributed by atoms with Crippen LogP contribution in [0, 0.1) is 10.8 Å². The van der Waals surface area contributed by atoms with E-state index in [4.69, 9.17) is 0 Å². The Kier molecular flexibility index (Phi) is 3.99. The Hall–Kier alpha value is -1.25. The van der Waals surface area contributed by atoms with Crippen molar-refractivity contribution in [3.05, 3.63) is 28.7 Å². The summed E-state index contributed by atoms with van der Waals surface area (Å²) in [5.74, 6) is 0. The van der Waals surface area contributed by atoms with E-state index in [1.54, 1.807) is 10.6 Å². The first kappa shape index (κ1) is 15.1. The zero-order valence-electron chi connectivity index (χ0n) is 13.5. The molecular formula is C17H28N2O. The van der Waals surface area contributed by atoms with Crippen LogP contribution in [0.2, 0.25) is 0 Å². The first-order valence-electron chi connectivity index (χ1n) is 7.68. The van der Waals surface area contributed by atoms with Crippen molar-refractivity contribution in [2.45, 2.75) is 66.5 Å². The molecule has 0 bridgehead atoms. The lowest BCUT2D eigenvalue weighted by Crippen LogP contribution is -2.40. The van der Waals surface area contributed by atoms with Crippen LogP contribution < -0.4 is 10.9 Å². The van der Waals surface area contributed by atoms with Gasteiger partial charge in [0.25, 0.3) is 5.56 Å². The molecule has 0 spiro atoms. The van der Waals surface area contributed by atoms with Crippen molar-refractivity contribution in [1.29, 1.82) is 0 Å². The summed E-state index contributed by atoms with van der Waals surface area (Å²) in [6, 6.07) is 4.05. The van der Waals surface area contributed by atoms with E-state index in [-0.39, 0.29) is 5.56 Å². The van der Waals surface area contributed by atoms with Gasteiger partial charge in [0.1, 0.15) is 0 Å². The molecule has 0 radical (unpaired) electrons. The van der Waals surface area contributed by atoms with Crippen LogP contribution in [0.1, 0.15) is 53.9 Å². The molecule has 1 aromatic rings. The number of aromatic nitrogens is 1. The monoisotopic (exact) mass is 276 g/mol. The maximum atomic E-state index is 11.6. The molecule has 0 unspecified atom stereocenters. The standard InChI is InChI=1S/C17H28N2O/c1-6-19-11-13(7-8-15(19)20)18-14-9-16(2,3)12-17(4,5)10-14/h7-8,11,14,18H,6,9-10,12H2,1-5H3. The van der Waals surface area contributed by atoms with Crippen LogP contribution in [-0.2, 0) is 6.54 Å². The predicted molar refractivity (Wildman–Crippen MR) is 85.2 cm³/mol. The number of nitrogens with one attached hydrogen (secondary N) is 1. The summed E-state index contributed by atoms with van der Waals surface area (Å²) in [7, 11) is 0. The van der Waals surface area contributed by atoms with Gasteiger partial charge < -0.3 is 9.88 Å². The highest BCUT2D eigenvalue weighted by molar-refractivity contribution is 5.41. The summed E-state index contributed by atoms with van der Waals surface area (Å²) < 4.78 is 1.75. The number of aryl methyl sites for hydroxylation is 1. The second kappa shape index (κ2) is 5.27. The Morgan fingerprint density at radius 2 is 1.80 bits per heavy atom. The third kappa shape index (κ3) is 3.65. The molecule has 1 N–H and O–H groups in total. The van der Waals surface area contributed by atoms with Crippen molar-refractivity contribution < 1.29 is 0 Å². The van der Waals surface area contributed by atoms with Crippen LogP contribution in [0.5, 0.6) is 0 Å². The first-order chi connectivity index (χ1) is 9.21. The Morgan fingerprint density at radius 3 is 2.35 bits per heavy atom. The SMILES string of the molecule is CCn1cc(NC2CC(C)(C)CC(C)(C)C2)ccc1=O. The lowest BCUT2D eigenvalue weighted by Gasteiger charge is -2.45. The molecule has 3 heteroatoms. The van der Waals surface area contributed by atoms with Crippen LogP contribution in [0.25, 0.3) is 0 Å². The van der Waals surface area contributed by atoms with Gasteiger partial charge >= 0.3 is 0 Å². The zero-order chi connectivity index (χ0) is 15.0. The summed E-state index contributed by atoms with van der Waals surface area (Å²) in [5, 5.41) is 3.63. The third-order valence-corrected chi connectivity index (χ3v) is 4.25. The van der Waals surface area contributed by atoms with Gasteiger partial charge in [-0.05, 0) is 43.1 Å². The summed E-state index contributed by atoms with van der Waals surface area (Å²) in [4.78, 5) is 11.6. The third-order valence-electron chi connectivity index (χ3n) is 4.25. The molecule has 1 saturated carbocycles. The molecule has 2 rings (SSSR count). The molecule has 0 amide bonds. The van der Waals surface area contributed by atoms with Gasteiger partial charge in [-0.25, -0.2) is 0 Å². The Bertz CT molecular complexity index is 512. The van der Waals surface area contributed by atoms with Gasteiger partial charge in [-0.2, -0.15) is 0 Å². The highest BCUT2D eigenvalue weighted by Crippen LogP contribution is 2.46. The van der Waals surface area contributed by atoms with Crippen molar-refractivity contribution in [3.63, 3.8) is 0 Å². The van der Waals surface area contributed by atoms with Crippen LogP contribution >= 0.6 is 0 Å². The molecule has 1 heterocycles. The molecular weight excluding hydrogens is 248 g/mol. The fourth-order valence-electron chi connectivity index (χ4n) is 4.05. The number of rotatable bonds is 3. The summed E-state index contributed by atoms with van der Waals surface area (Å²) >= 11 is 0. The number of pyridine rings is 1. The average molecular weight is 276 g/mol. The van der Waals surface area contributed by atoms with Crippen LogP contribution in [0.3, 0.4) is 0 Å². The molecule has 0 aliphatic heterocycles. The lowest BCUT2D eigenvalue weighted by atomic mass is 9.63. The second-order valence-corrected chi connectivity index (χ2v) is 7.80. The van der Waals surface area contributed by atoms with Crippen LogP contribution in [-0.4, -0.2) is 10.6 Å². The molecule has 1 aliphatic carbocycles. The van der Waals surface area contributed by atoms with E-state index in [1.807, 2.05) is 19.2 Å². The van der Waals surface area contributed by atoms with Gasteiger partial charge in [-0.15, -0.1) is 0 Å². The Balaban J connectivity index is 2.15. The fraction of sp³-hybridized carbons (Fsp3) is 0.706. The van der Waals surface area contributed by atoms with Gasteiger partial charge in [0.15, 0.2) is 0 Å². The van der Waals surface area contributed by atoms with E-state index in [1.165, 1.54) is 19.3 Å². The fourth-order valence-corrected chi connectivity index (χ4v) is 4.05. The molecule has 1 aromatic heterocycles. The quantitative estimate of drug-likeness (QED) is 0.909. The predicted octanol–water partition coefficient (Wildman–Crippen LogP) is 3.89. The normalized spacial score (nSPS) is 21.6. The smallest absolute Gasteiger partial charge is 0.250 e. The number of hydrogen-bond acceptors (Lipinski definition) is 2. The van der Waals surface area contributed by atoms with Crippen molar-refractivity contribution >= 4 is 5.69 Å². The number of nitrogens with zero attached hydrogens (tertiary/aromatic N) is 1. The zero-order valence-corrected chi connectivity index (χ0v) is 13.5. The van der Waals surface area contributed by atoms with Gasteiger partial charge in [0, 0.05) is 24.8 Å². The van der Waals surface area contributed by atoms with Crippen molar-refractivity contribution in [2.24, 2.45) is 10.8 Å². The highest BCUT2D eigenvalue weighted by Gasteiger charge is 2.38. The first-order valence-corrected chi connectivity index (χ1v) is 7.68. The maximum Gasteiger partial charge on any atom is 0.250 e. The minimum absolute atomic E-state index is 0.0716. The molecule has 0 aromatic carbocycles. The van der Waals surface area contributed by atoms with Gasteiger partial charge in [0.05, 0.1) is 5.69 Å². The molecule has 20 heavy (non-hydrogen) atoms. The van der Waals surface area contributed by atoms with Crippen molar-refractivity contribution in [3.8, 4) is 0 Å². The summed E-state index contributed by atoms with van der Waals surface area (Å²) in [6.07, 6.45) is 5.58. The lowest BCUT2D eigenvalue weighted by molar-refractivity contribution is 0.105. The van der Waals surface area contributed by atoms with Crippen molar-refractivity contribution in [1.82, 2.24) is 4.57 Å². The number of hydrogen-bond donors (Lipinski definition) is 1. The van der Waals surface area contributed by atoms with E-state index in [0.29, 0.717) is 16.9 Å². The molecule has 1 fully saturated rings. The van der Waals surface area contributed by atoms with Crippen molar-refractivity contribution in [2.75, 3.05) is 5.32 Å². The van der Waals surface area contributed by atoms with Crippen LogP contribution in [0.15, 0.2) is 23.1 Å². The maximum absolute atomic E-state index is 11.6.